The van der Waals surface area contributed by atoms with E-state index in [1.165, 1.54) is 24.4 Å². The lowest BCUT2D eigenvalue weighted by Gasteiger charge is -2.08. The van der Waals surface area contributed by atoms with E-state index in [1.54, 1.807) is 30.3 Å². The van der Waals surface area contributed by atoms with E-state index in [4.69, 9.17) is 23.2 Å². The minimum Gasteiger partial charge on any atom is -0.324 e. The number of rotatable bonds is 4. The predicted octanol–water partition coefficient (Wildman–Crippen LogP) is 4.92. The van der Waals surface area contributed by atoms with Crippen molar-refractivity contribution in [3.63, 3.8) is 0 Å². The molecule has 126 valence electrons. The number of hydrogen-bond donors (Lipinski definition) is 2. The third kappa shape index (κ3) is 4.65. The van der Waals surface area contributed by atoms with Crippen molar-refractivity contribution in [2.24, 2.45) is 0 Å². The van der Waals surface area contributed by atoms with Crippen LogP contribution in [0.15, 0.2) is 54.7 Å². The average Bonchev–Trinajstić information content (AvgIpc) is 2.56. The summed E-state index contributed by atoms with van der Waals surface area (Å²) in [5.74, 6) is -0.578. The molecule has 0 aliphatic carbocycles. The van der Waals surface area contributed by atoms with Gasteiger partial charge in [-0.1, -0.05) is 23.2 Å². The van der Waals surface area contributed by atoms with Gasteiger partial charge in [0.25, 0.3) is 5.91 Å². The fourth-order valence-corrected chi connectivity index (χ4v) is 2.55. The number of aromatic nitrogens is 2. The smallest absolute Gasteiger partial charge is 0.274 e. The van der Waals surface area contributed by atoms with Crippen molar-refractivity contribution in [1.82, 2.24) is 9.97 Å². The van der Waals surface area contributed by atoms with Crippen LogP contribution in [-0.4, -0.2) is 15.9 Å². The summed E-state index contributed by atoms with van der Waals surface area (Å²) in [6, 6.07) is 11.9. The number of halogens is 3. The number of amides is 1. The van der Waals surface area contributed by atoms with Crippen LogP contribution in [0.3, 0.4) is 0 Å². The Kier molecular flexibility index (Phi) is 5.11. The molecule has 0 aliphatic heterocycles. The van der Waals surface area contributed by atoms with Gasteiger partial charge in [0.05, 0.1) is 0 Å². The summed E-state index contributed by atoms with van der Waals surface area (Å²) in [6.45, 7) is 0. The van der Waals surface area contributed by atoms with E-state index in [2.05, 4.69) is 20.6 Å². The number of carbonyl (C=O) groups is 1. The first-order valence-electron chi connectivity index (χ1n) is 7.13. The lowest BCUT2D eigenvalue weighted by Crippen LogP contribution is -2.14. The lowest BCUT2D eigenvalue weighted by atomic mass is 10.3. The van der Waals surface area contributed by atoms with Gasteiger partial charge in [-0.3, -0.25) is 4.79 Å². The average molecular weight is 377 g/mol. The van der Waals surface area contributed by atoms with Crippen molar-refractivity contribution in [3.8, 4) is 0 Å². The van der Waals surface area contributed by atoms with Gasteiger partial charge in [0, 0.05) is 27.6 Å². The van der Waals surface area contributed by atoms with Crippen LogP contribution < -0.4 is 10.6 Å². The zero-order valence-electron chi connectivity index (χ0n) is 12.6. The highest BCUT2D eigenvalue weighted by atomic mass is 35.5. The number of hydrogen-bond acceptors (Lipinski definition) is 4. The van der Waals surface area contributed by atoms with Crippen molar-refractivity contribution in [2.75, 3.05) is 10.6 Å². The molecule has 0 bridgehead atoms. The lowest BCUT2D eigenvalue weighted by molar-refractivity contribution is 0.102. The third-order valence-corrected chi connectivity index (χ3v) is 3.55. The molecule has 0 unspecified atom stereocenters. The van der Waals surface area contributed by atoms with Gasteiger partial charge in [-0.25, -0.2) is 14.4 Å². The summed E-state index contributed by atoms with van der Waals surface area (Å²) in [5.41, 5.74) is 1.20. The van der Waals surface area contributed by atoms with Crippen LogP contribution in [0, 0.1) is 5.82 Å². The van der Waals surface area contributed by atoms with Gasteiger partial charge >= 0.3 is 0 Å². The van der Waals surface area contributed by atoms with E-state index < -0.39 is 5.91 Å². The highest BCUT2D eigenvalue weighted by Crippen LogP contribution is 2.23. The van der Waals surface area contributed by atoms with Crippen molar-refractivity contribution < 1.29 is 9.18 Å². The summed E-state index contributed by atoms with van der Waals surface area (Å²) >= 11 is 11.8. The topological polar surface area (TPSA) is 66.9 Å². The zero-order valence-corrected chi connectivity index (χ0v) is 14.1. The monoisotopic (exact) mass is 376 g/mol. The summed E-state index contributed by atoms with van der Waals surface area (Å²) in [7, 11) is 0. The van der Waals surface area contributed by atoms with Crippen LogP contribution in [0.25, 0.3) is 0 Å². The number of benzene rings is 2. The Labute approximate surface area is 152 Å². The van der Waals surface area contributed by atoms with Crippen LogP contribution in [-0.2, 0) is 0 Å². The SMILES string of the molecule is O=C(Nc1cc(Cl)cc(Cl)c1)c1ccnc(Nc2ccc(F)cc2)n1. The fourth-order valence-electron chi connectivity index (χ4n) is 2.03. The molecule has 1 heterocycles. The van der Waals surface area contributed by atoms with E-state index >= 15 is 0 Å². The van der Waals surface area contributed by atoms with Gasteiger partial charge in [-0.05, 0) is 48.5 Å². The normalized spacial score (nSPS) is 10.4. The second kappa shape index (κ2) is 7.46. The van der Waals surface area contributed by atoms with Gasteiger partial charge in [-0.2, -0.15) is 0 Å². The molecule has 3 aromatic rings. The number of carbonyl (C=O) groups excluding carboxylic acids is 1. The molecule has 0 saturated heterocycles. The molecule has 0 atom stereocenters. The third-order valence-electron chi connectivity index (χ3n) is 3.11. The van der Waals surface area contributed by atoms with Gasteiger partial charge < -0.3 is 10.6 Å². The molecule has 0 spiro atoms. The first kappa shape index (κ1) is 17.1. The van der Waals surface area contributed by atoms with Crippen LogP contribution in [0.1, 0.15) is 10.5 Å². The Balaban J connectivity index is 1.76. The van der Waals surface area contributed by atoms with Crippen LogP contribution in [0.5, 0.6) is 0 Å². The molecule has 0 fully saturated rings. The predicted molar refractivity (Wildman–Crippen MR) is 96.1 cm³/mol. The summed E-state index contributed by atoms with van der Waals surface area (Å²) < 4.78 is 12.9. The van der Waals surface area contributed by atoms with Gasteiger partial charge in [-0.15, -0.1) is 0 Å². The van der Waals surface area contributed by atoms with Gasteiger partial charge in [0.2, 0.25) is 5.95 Å². The van der Waals surface area contributed by atoms with E-state index in [-0.39, 0.29) is 17.5 Å². The van der Waals surface area contributed by atoms with Crippen molar-refractivity contribution in [3.05, 3.63) is 76.3 Å². The van der Waals surface area contributed by atoms with Crippen molar-refractivity contribution in [1.29, 1.82) is 0 Å². The fraction of sp³-hybridized carbons (Fsp3) is 0. The molecule has 8 heteroatoms. The molecular formula is C17H11Cl2FN4O. The molecule has 2 aromatic carbocycles. The number of nitrogens with zero attached hydrogens (tertiary/aromatic N) is 2. The number of nitrogens with one attached hydrogen (secondary N) is 2. The molecule has 25 heavy (non-hydrogen) atoms. The highest BCUT2D eigenvalue weighted by molar-refractivity contribution is 6.35. The van der Waals surface area contributed by atoms with Crippen LogP contribution in [0.4, 0.5) is 21.7 Å². The van der Waals surface area contributed by atoms with E-state index in [1.807, 2.05) is 0 Å². The second-order valence-electron chi connectivity index (χ2n) is 5.01. The molecule has 1 aromatic heterocycles. The summed E-state index contributed by atoms with van der Waals surface area (Å²) in [6.07, 6.45) is 1.44. The molecule has 2 N–H and O–H groups in total. The molecular weight excluding hydrogens is 366 g/mol. The minimum absolute atomic E-state index is 0.149. The Morgan fingerprint density at radius 3 is 2.32 bits per heavy atom. The Morgan fingerprint density at radius 1 is 0.960 bits per heavy atom. The first-order valence-corrected chi connectivity index (χ1v) is 7.88. The first-order chi connectivity index (χ1) is 12.0. The summed E-state index contributed by atoms with van der Waals surface area (Å²) in [5, 5.41) is 6.37. The Morgan fingerprint density at radius 2 is 1.64 bits per heavy atom. The zero-order chi connectivity index (χ0) is 17.8. The molecule has 3 rings (SSSR count). The van der Waals surface area contributed by atoms with Crippen LogP contribution >= 0.6 is 23.2 Å². The summed E-state index contributed by atoms with van der Waals surface area (Å²) in [4.78, 5) is 20.5. The van der Waals surface area contributed by atoms with Crippen molar-refractivity contribution in [2.45, 2.75) is 0 Å². The Hall–Kier alpha value is -2.70. The maximum Gasteiger partial charge on any atom is 0.274 e. The van der Waals surface area contributed by atoms with E-state index in [0.717, 1.165) is 0 Å². The molecule has 1 amide bonds. The van der Waals surface area contributed by atoms with Gasteiger partial charge in [0.1, 0.15) is 11.5 Å². The standard InChI is InChI=1S/C17H11Cl2FN4O/c18-10-7-11(19)9-14(8-10)22-16(25)15-5-6-21-17(24-15)23-13-3-1-12(20)2-4-13/h1-9H,(H,22,25)(H,21,23,24). The molecule has 0 aliphatic rings. The molecule has 5 nitrogen and oxygen atoms in total. The van der Waals surface area contributed by atoms with E-state index in [9.17, 15) is 9.18 Å². The maximum absolute atomic E-state index is 12.9. The molecule has 0 radical (unpaired) electrons. The Bertz CT molecular complexity index is 899. The maximum atomic E-state index is 12.9. The second-order valence-corrected chi connectivity index (χ2v) is 5.88. The molecule has 0 saturated carbocycles. The highest BCUT2D eigenvalue weighted by Gasteiger charge is 2.10. The number of anilines is 3. The largest absolute Gasteiger partial charge is 0.324 e. The minimum atomic E-state index is -0.442. The van der Waals surface area contributed by atoms with Gasteiger partial charge in [0.15, 0.2) is 0 Å². The van der Waals surface area contributed by atoms with Crippen LogP contribution in [0.2, 0.25) is 10.0 Å². The van der Waals surface area contributed by atoms with Crippen molar-refractivity contribution >= 4 is 46.4 Å². The van der Waals surface area contributed by atoms with E-state index in [0.29, 0.717) is 21.4 Å². The quantitative estimate of drug-likeness (QED) is 0.678.